The van der Waals surface area contributed by atoms with E-state index in [4.69, 9.17) is 11.6 Å². The number of hydrogen-bond donors (Lipinski definition) is 0. The SMILES string of the molecule is Cn1nncc1-c1cnn([C@@H](CCOC(F)F)c2ccc(-c3c(-n4cc(C(F)(F)F)nn4)ccc(Cl)c3F)c[n+]2[O-])c1. The topological polar surface area (TPSA) is 115 Å². The average Bonchev–Trinajstić information content (AvgIpc) is 3.69. The molecule has 220 valence electrons. The Morgan fingerprint density at radius 2 is 1.86 bits per heavy atom. The molecule has 4 heterocycles. The van der Waals surface area contributed by atoms with E-state index in [1.807, 2.05) is 0 Å². The van der Waals surface area contributed by atoms with Crippen molar-refractivity contribution in [3.63, 3.8) is 0 Å². The zero-order valence-electron chi connectivity index (χ0n) is 21.3. The van der Waals surface area contributed by atoms with Gasteiger partial charge in [-0.05, 0) is 18.2 Å². The Kier molecular flexibility index (Phi) is 7.87. The maximum absolute atomic E-state index is 15.3. The summed E-state index contributed by atoms with van der Waals surface area (Å²) in [6.07, 6.45) is 1.17. The average molecular weight is 614 g/mol. The number of ether oxygens (including phenoxy) is 1. The van der Waals surface area contributed by atoms with Gasteiger partial charge in [0.05, 0.1) is 52.7 Å². The summed E-state index contributed by atoms with van der Waals surface area (Å²) in [7, 11) is 1.66. The molecule has 0 bridgehead atoms. The van der Waals surface area contributed by atoms with Gasteiger partial charge in [-0.3, -0.25) is 4.68 Å². The number of alkyl halides is 5. The van der Waals surface area contributed by atoms with E-state index in [0.717, 1.165) is 12.3 Å². The Morgan fingerprint density at radius 1 is 1.07 bits per heavy atom. The molecule has 0 N–H and O–H groups in total. The Hall–Kier alpha value is -4.51. The first kappa shape index (κ1) is 29.0. The number of nitrogens with zero attached hydrogens (tertiary/aromatic N) is 9. The lowest BCUT2D eigenvalue weighted by Crippen LogP contribution is -2.36. The molecule has 0 saturated heterocycles. The van der Waals surface area contributed by atoms with Crippen LogP contribution in [0.2, 0.25) is 5.02 Å². The first-order valence-corrected chi connectivity index (χ1v) is 12.3. The number of aryl methyl sites for hydroxylation is 1. The van der Waals surface area contributed by atoms with E-state index in [9.17, 15) is 27.2 Å². The smallest absolute Gasteiger partial charge is 0.436 e. The second-order valence-electron chi connectivity index (χ2n) is 8.86. The maximum atomic E-state index is 15.3. The van der Waals surface area contributed by atoms with E-state index >= 15 is 4.39 Å². The first-order valence-electron chi connectivity index (χ1n) is 11.9. The van der Waals surface area contributed by atoms with Gasteiger partial charge in [-0.15, -0.1) is 10.2 Å². The Balaban J connectivity index is 1.55. The lowest BCUT2D eigenvalue weighted by atomic mass is 10.0. The molecule has 5 rings (SSSR count). The minimum atomic E-state index is -4.80. The van der Waals surface area contributed by atoms with Crippen LogP contribution in [0, 0.1) is 11.0 Å². The van der Waals surface area contributed by atoms with Crippen LogP contribution in [0.5, 0.6) is 0 Å². The van der Waals surface area contributed by atoms with Crippen molar-refractivity contribution in [2.24, 2.45) is 7.05 Å². The Bertz CT molecular complexity index is 1720. The van der Waals surface area contributed by atoms with Crippen LogP contribution in [-0.2, 0) is 18.0 Å². The van der Waals surface area contributed by atoms with E-state index in [2.05, 4.69) is 30.5 Å². The normalized spacial score (nSPS) is 12.8. The molecular formula is C24H18ClF6N9O2. The molecule has 0 aliphatic carbocycles. The summed E-state index contributed by atoms with van der Waals surface area (Å²) in [4.78, 5) is 0. The number of pyridine rings is 1. The molecule has 0 saturated carbocycles. The van der Waals surface area contributed by atoms with E-state index in [0.29, 0.717) is 26.9 Å². The third kappa shape index (κ3) is 5.78. The van der Waals surface area contributed by atoms with Crippen LogP contribution in [0.3, 0.4) is 0 Å². The fraction of sp³-hybridized carbons (Fsp3) is 0.250. The highest BCUT2D eigenvalue weighted by Crippen LogP contribution is 2.35. The molecule has 0 aliphatic rings. The van der Waals surface area contributed by atoms with Crippen molar-refractivity contribution in [3.05, 3.63) is 82.7 Å². The highest BCUT2D eigenvalue weighted by Gasteiger charge is 2.35. The third-order valence-corrected chi connectivity index (χ3v) is 6.54. The number of halogens is 7. The largest absolute Gasteiger partial charge is 0.618 e. The molecule has 11 nitrogen and oxygen atoms in total. The minimum absolute atomic E-state index is 0.0264. The number of benzene rings is 1. The van der Waals surface area contributed by atoms with Crippen LogP contribution in [0.1, 0.15) is 23.9 Å². The molecule has 4 aromatic heterocycles. The summed E-state index contributed by atoms with van der Waals surface area (Å²) in [6, 6.07) is 4.08. The van der Waals surface area contributed by atoms with Gasteiger partial charge in [-0.25, -0.2) is 13.8 Å². The van der Waals surface area contributed by atoms with Crippen LogP contribution in [-0.4, -0.2) is 53.0 Å². The van der Waals surface area contributed by atoms with Gasteiger partial charge < -0.3 is 9.94 Å². The molecule has 0 aliphatic heterocycles. The fourth-order valence-corrected chi connectivity index (χ4v) is 4.45. The molecule has 0 fully saturated rings. The summed E-state index contributed by atoms with van der Waals surface area (Å²) in [5, 5.41) is 31.4. The van der Waals surface area contributed by atoms with Crippen molar-refractivity contribution in [2.75, 3.05) is 6.61 Å². The maximum Gasteiger partial charge on any atom is 0.436 e. The second kappa shape index (κ2) is 11.4. The van der Waals surface area contributed by atoms with Crippen molar-refractivity contribution in [1.82, 2.24) is 39.8 Å². The van der Waals surface area contributed by atoms with Crippen molar-refractivity contribution < 1.29 is 35.8 Å². The van der Waals surface area contributed by atoms with Crippen LogP contribution in [0.15, 0.2) is 55.2 Å². The van der Waals surface area contributed by atoms with Crippen LogP contribution in [0.4, 0.5) is 26.3 Å². The van der Waals surface area contributed by atoms with Gasteiger partial charge in [0, 0.05) is 31.3 Å². The zero-order valence-corrected chi connectivity index (χ0v) is 22.0. The highest BCUT2D eigenvalue weighted by atomic mass is 35.5. The molecule has 5 aromatic rings. The molecule has 1 aromatic carbocycles. The van der Waals surface area contributed by atoms with E-state index in [-0.39, 0.29) is 34.0 Å². The van der Waals surface area contributed by atoms with Crippen molar-refractivity contribution in [2.45, 2.75) is 25.3 Å². The van der Waals surface area contributed by atoms with E-state index in [1.165, 1.54) is 40.0 Å². The number of aromatic nitrogens is 9. The fourth-order valence-electron chi connectivity index (χ4n) is 4.29. The summed E-state index contributed by atoms with van der Waals surface area (Å²) >= 11 is 5.96. The van der Waals surface area contributed by atoms with Crippen molar-refractivity contribution in [1.29, 1.82) is 0 Å². The van der Waals surface area contributed by atoms with Gasteiger partial charge in [0.25, 0.3) is 0 Å². The van der Waals surface area contributed by atoms with Crippen molar-refractivity contribution in [3.8, 4) is 28.1 Å². The first-order chi connectivity index (χ1) is 19.9. The summed E-state index contributed by atoms with van der Waals surface area (Å²) in [6.45, 7) is -3.48. The monoisotopic (exact) mass is 613 g/mol. The van der Waals surface area contributed by atoms with Gasteiger partial charge in [0.15, 0.2) is 17.7 Å². The van der Waals surface area contributed by atoms with Crippen LogP contribution >= 0.6 is 11.6 Å². The highest BCUT2D eigenvalue weighted by molar-refractivity contribution is 6.31. The summed E-state index contributed by atoms with van der Waals surface area (Å²) < 4.78 is 88.4. The Labute approximate surface area is 237 Å². The molecule has 1 atom stereocenters. The number of rotatable bonds is 9. The zero-order chi connectivity index (χ0) is 30.2. The van der Waals surface area contributed by atoms with Gasteiger partial charge >= 0.3 is 12.8 Å². The summed E-state index contributed by atoms with van der Waals surface area (Å²) in [5.74, 6) is -1.02. The molecular weight excluding hydrogens is 596 g/mol. The van der Waals surface area contributed by atoms with Crippen LogP contribution < -0.4 is 4.73 Å². The molecule has 0 unspecified atom stereocenters. The molecule has 0 radical (unpaired) electrons. The lowest BCUT2D eigenvalue weighted by molar-refractivity contribution is -0.615. The predicted molar refractivity (Wildman–Crippen MR) is 133 cm³/mol. The Morgan fingerprint density at radius 3 is 2.50 bits per heavy atom. The molecule has 18 heteroatoms. The summed E-state index contributed by atoms with van der Waals surface area (Å²) in [5.41, 5.74) is -0.660. The second-order valence-corrected chi connectivity index (χ2v) is 9.27. The standard InChI is InChI=1S/C24H18ClF6N9O2/c1-37-19(9-32-35-37)14-8-33-38(10-14)16(6-7-42-23(27)28)17-4-2-13(11-40(17)41)21-18(5-3-15(25)22(21)26)39-12-20(34-36-39)24(29,30)31/h2-5,8-12,16,23H,6-7H2,1H3/t16-/m0/s1. The number of hydrogen-bond acceptors (Lipinski definition) is 7. The van der Waals surface area contributed by atoms with Gasteiger partial charge in [0.1, 0.15) is 6.04 Å². The van der Waals surface area contributed by atoms with Gasteiger partial charge in [-0.2, -0.15) is 31.8 Å². The molecule has 0 spiro atoms. The van der Waals surface area contributed by atoms with Gasteiger partial charge in [-0.1, -0.05) is 22.0 Å². The quantitative estimate of drug-likeness (QED) is 0.136. The van der Waals surface area contributed by atoms with Gasteiger partial charge in [0.2, 0.25) is 5.69 Å². The van der Waals surface area contributed by atoms with Crippen molar-refractivity contribution >= 4 is 11.6 Å². The lowest BCUT2D eigenvalue weighted by Gasteiger charge is -2.18. The molecule has 0 amide bonds. The molecule has 42 heavy (non-hydrogen) atoms. The third-order valence-electron chi connectivity index (χ3n) is 6.24. The van der Waals surface area contributed by atoms with E-state index in [1.54, 1.807) is 13.2 Å². The predicted octanol–water partition coefficient (Wildman–Crippen LogP) is 4.59. The minimum Gasteiger partial charge on any atom is -0.618 e. The van der Waals surface area contributed by atoms with E-state index < -0.39 is 36.9 Å². The van der Waals surface area contributed by atoms with Crippen LogP contribution in [0.25, 0.3) is 28.1 Å².